The fourth-order valence-electron chi connectivity index (χ4n) is 4.04. The predicted octanol–water partition coefficient (Wildman–Crippen LogP) is 4.95. The van der Waals surface area contributed by atoms with Crippen LogP contribution in [0.1, 0.15) is 20.8 Å². The first kappa shape index (κ1) is 21.1. The number of imidazole rings is 1. The molecule has 0 saturated heterocycles. The molecule has 5 aromatic rings. The van der Waals surface area contributed by atoms with Gasteiger partial charge in [0.25, 0.3) is 0 Å². The molecule has 0 aliphatic heterocycles. The molecule has 33 heavy (non-hydrogen) atoms. The van der Waals surface area contributed by atoms with E-state index in [1.807, 2.05) is 37.4 Å². The molecule has 0 atom stereocenters. The summed E-state index contributed by atoms with van der Waals surface area (Å²) in [4.78, 5) is 17.8. The van der Waals surface area contributed by atoms with Crippen LogP contribution in [0.4, 0.5) is 5.95 Å². The van der Waals surface area contributed by atoms with Crippen molar-refractivity contribution < 1.29 is 0 Å². The molecule has 8 nitrogen and oxygen atoms in total. The average Bonchev–Trinajstić information content (AvgIpc) is 3.37. The molecule has 2 N–H and O–H groups in total. The summed E-state index contributed by atoms with van der Waals surface area (Å²) in [5.74, 6) is 1.80. The van der Waals surface area contributed by atoms with Crippen LogP contribution < -0.4 is 5.73 Å². The Morgan fingerprint density at radius 2 is 1.64 bits per heavy atom. The van der Waals surface area contributed by atoms with Crippen LogP contribution >= 0.6 is 11.6 Å². The van der Waals surface area contributed by atoms with Crippen molar-refractivity contribution in [3.63, 3.8) is 0 Å². The number of aryl methyl sites for hydroxylation is 1. The summed E-state index contributed by atoms with van der Waals surface area (Å²) in [6, 6.07) is 11.9. The Morgan fingerprint density at radius 3 is 2.30 bits per heavy atom. The molecule has 5 rings (SSSR count). The summed E-state index contributed by atoms with van der Waals surface area (Å²) in [6.45, 7) is 6.48. The van der Waals surface area contributed by atoms with Crippen LogP contribution in [0.25, 0.3) is 44.9 Å². The highest BCUT2D eigenvalue weighted by molar-refractivity contribution is 6.31. The topological polar surface area (TPSA) is 100 Å². The first-order valence-corrected chi connectivity index (χ1v) is 10.9. The minimum absolute atomic E-state index is 0.241. The summed E-state index contributed by atoms with van der Waals surface area (Å²) < 4.78 is 3.98. The Labute approximate surface area is 196 Å². The zero-order valence-electron chi connectivity index (χ0n) is 18.8. The molecule has 3 aromatic heterocycles. The van der Waals surface area contributed by atoms with Crippen molar-refractivity contribution in [1.29, 1.82) is 0 Å². The van der Waals surface area contributed by atoms with Gasteiger partial charge in [-0.3, -0.25) is 0 Å². The number of halogens is 1. The van der Waals surface area contributed by atoms with E-state index in [4.69, 9.17) is 22.3 Å². The van der Waals surface area contributed by atoms with Gasteiger partial charge < -0.3 is 10.3 Å². The van der Waals surface area contributed by atoms with E-state index < -0.39 is 0 Å². The number of fused-ring (bicyclic) bond motifs is 1. The van der Waals surface area contributed by atoms with Gasteiger partial charge in [0.05, 0.1) is 11.0 Å². The number of nitrogens with zero attached hydrogens (tertiary/aromatic N) is 7. The second kappa shape index (κ2) is 7.67. The van der Waals surface area contributed by atoms with Gasteiger partial charge in [-0.15, -0.1) is 0 Å². The van der Waals surface area contributed by atoms with Gasteiger partial charge in [-0.05, 0) is 56.7 Å². The van der Waals surface area contributed by atoms with Crippen molar-refractivity contribution in [2.45, 2.75) is 26.3 Å². The summed E-state index contributed by atoms with van der Waals surface area (Å²) >= 11 is 6.45. The van der Waals surface area contributed by atoms with Crippen molar-refractivity contribution >= 4 is 28.6 Å². The second-order valence-electron chi connectivity index (χ2n) is 8.87. The lowest BCUT2D eigenvalue weighted by atomic mass is 10.0. The van der Waals surface area contributed by atoms with Gasteiger partial charge in [-0.2, -0.15) is 5.10 Å². The number of hydrogen-bond donors (Lipinski definition) is 1. The third-order valence-electron chi connectivity index (χ3n) is 5.51. The van der Waals surface area contributed by atoms with Crippen molar-refractivity contribution in [2.75, 3.05) is 5.73 Å². The third-order valence-corrected chi connectivity index (χ3v) is 5.74. The Morgan fingerprint density at radius 1 is 0.879 bits per heavy atom. The lowest BCUT2D eigenvalue weighted by Crippen LogP contribution is -2.22. The first-order chi connectivity index (χ1) is 15.7. The lowest BCUT2D eigenvalue weighted by molar-refractivity contribution is 0.413. The van der Waals surface area contributed by atoms with Gasteiger partial charge in [0.2, 0.25) is 5.95 Å². The summed E-state index contributed by atoms with van der Waals surface area (Å²) in [6.07, 6.45) is 4.98. The molecule has 0 radical (unpaired) electrons. The molecule has 0 bridgehead atoms. The zero-order chi connectivity index (χ0) is 23.3. The molecule has 2 aromatic carbocycles. The number of nitrogen functional groups attached to an aromatic ring is 1. The predicted molar refractivity (Wildman–Crippen MR) is 131 cm³/mol. The third kappa shape index (κ3) is 3.72. The fourth-order valence-corrected chi connectivity index (χ4v) is 4.22. The number of aromatic nitrogens is 7. The molecule has 0 amide bonds. The average molecular weight is 459 g/mol. The van der Waals surface area contributed by atoms with E-state index in [0.717, 1.165) is 44.9 Å². The number of anilines is 1. The summed E-state index contributed by atoms with van der Waals surface area (Å²) in [5, 5.41) is 4.87. The highest BCUT2D eigenvalue weighted by atomic mass is 35.5. The SMILES string of the molecule is Cn1ncnc1-c1ccc(Cl)cc1-c1nc2cc(-c3cnc(N)nc3)ccc2n1C(C)(C)C. The largest absolute Gasteiger partial charge is 0.368 e. The smallest absolute Gasteiger partial charge is 0.219 e. The van der Waals surface area contributed by atoms with Gasteiger partial charge >= 0.3 is 0 Å². The van der Waals surface area contributed by atoms with E-state index in [9.17, 15) is 0 Å². The van der Waals surface area contributed by atoms with E-state index in [-0.39, 0.29) is 11.5 Å². The molecule has 0 spiro atoms. The maximum absolute atomic E-state index is 6.45. The molecule has 0 aliphatic carbocycles. The monoisotopic (exact) mass is 458 g/mol. The molecule has 0 fully saturated rings. The van der Waals surface area contributed by atoms with Crippen molar-refractivity contribution in [2.24, 2.45) is 7.05 Å². The van der Waals surface area contributed by atoms with Gasteiger partial charge in [-0.1, -0.05) is 17.7 Å². The Balaban J connectivity index is 1.78. The van der Waals surface area contributed by atoms with Crippen LogP contribution in [0, 0.1) is 0 Å². The van der Waals surface area contributed by atoms with Gasteiger partial charge in [-0.25, -0.2) is 24.6 Å². The summed E-state index contributed by atoms with van der Waals surface area (Å²) in [7, 11) is 1.87. The quantitative estimate of drug-likeness (QED) is 0.410. The number of benzene rings is 2. The molecule has 0 aliphatic rings. The van der Waals surface area contributed by atoms with E-state index in [0.29, 0.717) is 5.02 Å². The minimum Gasteiger partial charge on any atom is -0.368 e. The van der Waals surface area contributed by atoms with Gasteiger partial charge in [0.1, 0.15) is 12.2 Å². The van der Waals surface area contributed by atoms with Crippen molar-refractivity contribution in [3.8, 4) is 33.9 Å². The first-order valence-electron chi connectivity index (χ1n) is 10.5. The van der Waals surface area contributed by atoms with Crippen molar-refractivity contribution in [1.82, 2.24) is 34.3 Å². The van der Waals surface area contributed by atoms with E-state index in [2.05, 4.69) is 51.5 Å². The Hall–Kier alpha value is -3.78. The maximum Gasteiger partial charge on any atom is 0.219 e. The fraction of sp³-hybridized carbons (Fsp3) is 0.208. The molecule has 166 valence electrons. The number of hydrogen-bond acceptors (Lipinski definition) is 6. The van der Waals surface area contributed by atoms with E-state index in [1.54, 1.807) is 23.4 Å². The van der Waals surface area contributed by atoms with Gasteiger partial charge in [0, 0.05) is 46.7 Å². The molecular weight excluding hydrogens is 436 g/mol. The minimum atomic E-state index is -0.241. The van der Waals surface area contributed by atoms with Crippen LogP contribution in [-0.2, 0) is 12.6 Å². The molecule has 3 heterocycles. The number of rotatable bonds is 3. The molecular formula is C24H23ClN8. The number of nitrogens with two attached hydrogens (primary N) is 1. The second-order valence-corrected chi connectivity index (χ2v) is 9.31. The highest BCUT2D eigenvalue weighted by Gasteiger charge is 2.25. The molecule has 0 saturated carbocycles. The zero-order valence-corrected chi connectivity index (χ0v) is 19.5. The normalized spacial score (nSPS) is 11.9. The standard InChI is InChI=1S/C24H23ClN8/c1-24(2,3)33-20-8-5-14(15-11-27-23(26)28-12-15)9-19(20)31-22(33)18-10-16(25)6-7-17(18)21-29-13-30-32(21)4/h5-13H,1-4H3,(H2,26,27,28). The highest BCUT2D eigenvalue weighted by Crippen LogP contribution is 2.38. The van der Waals surface area contributed by atoms with Crippen LogP contribution in [0.15, 0.2) is 55.1 Å². The van der Waals surface area contributed by atoms with Crippen molar-refractivity contribution in [3.05, 3.63) is 60.1 Å². The van der Waals surface area contributed by atoms with Crippen LogP contribution in [0.5, 0.6) is 0 Å². The molecule has 0 unspecified atom stereocenters. The Bertz CT molecular complexity index is 1480. The summed E-state index contributed by atoms with van der Waals surface area (Å²) in [5.41, 5.74) is 10.9. The van der Waals surface area contributed by atoms with E-state index >= 15 is 0 Å². The van der Waals surface area contributed by atoms with Gasteiger partial charge in [0.15, 0.2) is 5.82 Å². The lowest BCUT2D eigenvalue weighted by Gasteiger charge is -2.25. The maximum atomic E-state index is 6.45. The Kier molecular flexibility index (Phi) is 4.90. The van der Waals surface area contributed by atoms with Crippen LogP contribution in [-0.4, -0.2) is 34.3 Å². The van der Waals surface area contributed by atoms with Crippen LogP contribution in [0.2, 0.25) is 5.02 Å². The van der Waals surface area contributed by atoms with E-state index in [1.165, 1.54) is 0 Å². The van der Waals surface area contributed by atoms with Crippen LogP contribution in [0.3, 0.4) is 0 Å². The molecule has 9 heteroatoms.